The summed E-state index contributed by atoms with van der Waals surface area (Å²) in [4.78, 5) is 6.58. The van der Waals surface area contributed by atoms with Crippen LogP contribution in [0.5, 0.6) is 0 Å². The molecule has 1 saturated heterocycles. The van der Waals surface area contributed by atoms with E-state index in [-0.39, 0.29) is 11.9 Å². The molecule has 6 heteroatoms. The maximum Gasteiger partial charge on any atom is 0.257 e. The molecule has 2 heterocycles. The van der Waals surface area contributed by atoms with E-state index in [4.69, 9.17) is 10.3 Å². The number of benzene rings is 1. The molecule has 0 bridgehead atoms. The standard InChI is InChI=1S/C14H17FN4O/c15-11-5-3-10(4-6-11)14-17-13(18-20-14)9-19-7-1-2-12(16)8-19/h3-6,12H,1-2,7-9,16H2/t12-/m1/s1. The van der Waals surface area contributed by atoms with Crippen LogP contribution < -0.4 is 5.73 Å². The average molecular weight is 276 g/mol. The highest BCUT2D eigenvalue weighted by Crippen LogP contribution is 2.18. The van der Waals surface area contributed by atoms with Crippen LogP contribution in [0.4, 0.5) is 4.39 Å². The summed E-state index contributed by atoms with van der Waals surface area (Å²) < 4.78 is 18.1. The van der Waals surface area contributed by atoms with E-state index in [9.17, 15) is 4.39 Å². The molecular weight excluding hydrogens is 259 g/mol. The van der Waals surface area contributed by atoms with E-state index in [2.05, 4.69) is 15.0 Å². The smallest absolute Gasteiger partial charge is 0.257 e. The summed E-state index contributed by atoms with van der Waals surface area (Å²) in [6, 6.07) is 6.24. The van der Waals surface area contributed by atoms with Crippen molar-refractivity contribution in [2.24, 2.45) is 5.73 Å². The second kappa shape index (κ2) is 5.68. The molecule has 1 aromatic heterocycles. The lowest BCUT2D eigenvalue weighted by Gasteiger charge is -2.29. The van der Waals surface area contributed by atoms with Gasteiger partial charge in [0.05, 0.1) is 6.54 Å². The fraction of sp³-hybridized carbons (Fsp3) is 0.429. The number of aromatic nitrogens is 2. The van der Waals surface area contributed by atoms with E-state index < -0.39 is 0 Å². The zero-order valence-electron chi connectivity index (χ0n) is 11.1. The highest BCUT2D eigenvalue weighted by Gasteiger charge is 2.19. The van der Waals surface area contributed by atoms with Crippen LogP contribution in [0.1, 0.15) is 18.7 Å². The van der Waals surface area contributed by atoms with E-state index in [1.165, 1.54) is 12.1 Å². The summed E-state index contributed by atoms with van der Waals surface area (Å²) in [6.45, 7) is 2.51. The molecule has 0 saturated carbocycles. The number of nitrogens with zero attached hydrogens (tertiary/aromatic N) is 3. The summed E-state index contributed by atoms with van der Waals surface area (Å²) in [5.41, 5.74) is 6.67. The lowest BCUT2D eigenvalue weighted by molar-refractivity contribution is 0.195. The van der Waals surface area contributed by atoms with Crippen LogP contribution in [0, 0.1) is 5.82 Å². The molecule has 0 aliphatic carbocycles. The summed E-state index contributed by atoms with van der Waals surface area (Å²) in [7, 11) is 0. The highest BCUT2D eigenvalue weighted by molar-refractivity contribution is 5.52. The fourth-order valence-corrected chi connectivity index (χ4v) is 2.46. The second-order valence-electron chi connectivity index (χ2n) is 5.16. The maximum absolute atomic E-state index is 12.9. The quantitative estimate of drug-likeness (QED) is 0.925. The summed E-state index contributed by atoms with van der Waals surface area (Å²) >= 11 is 0. The topological polar surface area (TPSA) is 68.2 Å². The molecule has 0 radical (unpaired) electrons. The molecule has 2 aromatic rings. The van der Waals surface area contributed by atoms with E-state index in [0.717, 1.165) is 31.5 Å². The SMILES string of the molecule is N[C@@H]1CCCN(Cc2noc(-c3ccc(F)cc3)n2)C1. The van der Waals surface area contributed by atoms with Crippen LogP contribution in [0.15, 0.2) is 28.8 Å². The molecule has 2 N–H and O–H groups in total. The Hall–Kier alpha value is -1.79. The van der Waals surface area contributed by atoms with Gasteiger partial charge in [-0.15, -0.1) is 0 Å². The van der Waals surface area contributed by atoms with Crippen LogP contribution in [0.3, 0.4) is 0 Å². The minimum atomic E-state index is -0.282. The number of piperidine rings is 1. The Bertz CT molecular complexity index is 569. The van der Waals surface area contributed by atoms with Crippen LogP contribution in [0.2, 0.25) is 0 Å². The van der Waals surface area contributed by atoms with Gasteiger partial charge in [-0.3, -0.25) is 4.90 Å². The van der Waals surface area contributed by atoms with Crippen molar-refractivity contribution in [3.63, 3.8) is 0 Å². The molecule has 106 valence electrons. The third-order valence-electron chi connectivity index (χ3n) is 3.47. The molecule has 5 nitrogen and oxygen atoms in total. The second-order valence-corrected chi connectivity index (χ2v) is 5.16. The van der Waals surface area contributed by atoms with Crippen molar-refractivity contribution in [1.29, 1.82) is 0 Å². The Balaban J connectivity index is 1.69. The van der Waals surface area contributed by atoms with Crippen molar-refractivity contribution in [3.05, 3.63) is 35.9 Å². The molecule has 0 unspecified atom stereocenters. The molecule has 1 aliphatic heterocycles. The first kappa shape index (κ1) is 13.2. The van der Waals surface area contributed by atoms with E-state index in [0.29, 0.717) is 18.3 Å². The van der Waals surface area contributed by atoms with Crippen LogP contribution >= 0.6 is 0 Å². The first-order chi connectivity index (χ1) is 9.70. The summed E-state index contributed by atoms with van der Waals surface area (Å²) in [5.74, 6) is 0.774. The predicted molar refractivity (Wildman–Crippen MR) is 72.2 cm³/mol. The van der Waals surface area contributed by atoms with E-state index in [1.807, 2.05) is 0 Å². The fourth-order valence-electron chi connectivity index (χ4n) is 2.46. The van der Waals surface area contributed by atoms with Gasteiger partial charge in [0.1, 0.15) is 5.82 Å². The number of rotatable bonds is 3. The molecule has 1 aliphatic rings. The molecule has 1 fully saturated rings. The van der Waals surface area contributed by atoms with Crippen molar-refractivity contribution >= 4 is 0 Å². The number of nitrogens with two attached hydrogens (primary N) is 1. The molecule has 0 spiro atoms. The molecular formula is C14H17FN4O. The van der Waals surface area contributed by atoms with E-state index in [1.54, 1.807) is 12.1 Å². The van der Waals surface area contributed by atoms with Crippen LogP contribution in [0.25, 0.3) is 11.5 Å². The van der Waals surface area contributed by atoms with Gasteiger partial charge < -0.3 is 10.3 Å². The molecule has 3 rings (SSSR count). The van der Waals surface area contributed by atoms with Crippen molar-refractivity contribution in [2.45, 2.75) is 25.4 Å². The van der Waals surface area contributed by atoms with Gasteiger partial charge in [-0.1, -0.05) is 5.16 Å². The minimum Gasteiger partial charge on any atom is -0.334 e. The first-order valence-corrected chi connectivity index (χ1v) is 6.77. The third kappa shape index (κ3) is 3.02. The Morgan fingerprint density at radius 1 is 1.35 bits per heavy atom. The first-order valence-electron chi connectivity index (χ1n) is 6.77. The lowest BCUT2D eigenvalue weighted by Crippen LogP contribution is -2.42. The van der Waals surface area contributed by atoms with Gasteiger partial charge in [0.25, 0.3) is 5.89 Å². The highest BCUT2D eigenvalue weighted by atomic mass is 19.1. The zero-order valence-corrected chi connectivity index (χ0v) is 11.1. The molecule has 1 aromatic carbocycles. The molecule has 0 amide bonds. The van der Waals surface area contributed by atoms with Crippen molar-refractivity contribution in [1.82, 2.24) is 15.0 Å². The Labute approximate surface area is 116 Å². The van der Waals surface area contributed by atoms with E-state index >= 15 is 0 Å². The van der Waals surface area contributed by atoms with Crippen molar-refractivity contribution in [2.75, 3.05) is 13.1 Å². The third-order valence-corrected chi connectivity index (χ3v) is 3.47. The largest absolute Gasteiger partial charge is 0.334 e. The maximum atomic E-state index is 12.9. The average Bonchev–Trinajstić information content (AvgIpc) is 2.88. The van der Waals surface area contributed by atoms with Gasteiger partial charge in [0.15, 0.2) is 5.82 Å². The summed E-state index contributed by atoms with van der Waals surface area (Å²) in [5, 5.41) is 3.97. The van der Waals surface area contributed by atoms with Gasteiger partial charge in [0, 0.05) is 18.2 Å². The van der Waals surface area contributed by atoms with Crippen molar-refractivity contribution < 1.29 is 8.91 Å². The van der Waals surface area contributed by atoms with Gasteiger partial charge in [-0.2, -0.15) is 4.98 Å². The Kier molecular flexibility index (Phi) is 3.75. The lowest BCUT2D eigenvalue weighted by atomic mass is 10.1. The molecule has 1 atom stereocenters. The van der Waals surface area contributed by atoms with Gasteiger partial charge in [-0.25, -0.2) is 4.39 Å². The normalized spacial score (nSPS) is 20.2. The minimum absolute atomic E-state index is 0.229. The number of likely N-dealkylation sites (tertiary alicyclic amines) is 1. The number of halogens is 1. The monoisotopic (exact) mass is 276 g/mol. The predicted octanol–water partition coefficient (Wildman–Crippen LogP) is 1.80. The molecule has 20 heavy (non-hydrogen) atoms. The van der Waals surface area contributed by atoms with Crippen LogP contribution in [-0.2, 0) is 6.54 Å². The summed E-state index contributed by atoms with van der Waals surface area (Å²) in [6.07, 6.45) is 2.17. The number of hydrogen-bond donors (Lipinski definition) is 1. The van der Waals surface area contributed by atoms with Gasteiger partial charge >= 0.3 is 0 Å². The number of hydrogen-bond acceptors (Lipinski definition) is 5. The van der Waals surface area contributed by atoms with Gasteiger partial charge in [-0.05, 0) is 43.7 Å². The van der Waals surface area contributed by atoms with Crippen LogP contribution in [-0.4, -0.2) is 34.2 Å². The Morgan fingerprint density at radius 2 is 2.15 bits per heavy atom. The zero-order chi connectivity index (χ0) is 13.9. The van der Waals surface area contributed by atoms with Crippen molar-refractivity contribution in [3.8, 4) is 11.5 Å². The Morgan fingerprint density at radius 3 is 2.90 bits per heavy atom. The van der Waals surface area contributed by atoms with Gasteiger partial charge in [0.2, 0.25) is 0 Å².